The molecule has 1 aromatic heterocycles. The second kappa shape index (κ2) is 8.97. The Morgan fingerprint density at radius 3 is 2.64 bits per heavy atom. The highest BCUT2D eigenvalue weighted by Gasteiger charge is 2.19. The summed E-state index contributed by atoms with van der Waals surface area (Å²) in [5.41, 5.74) is 2.32. The van der Waals surface area contributed by atoms with Crippen LogP contribution in [0.3, 0.4) is 0 Å². The number of hydrogen-bond donors (Lipinski definition) is 0. The molecule has 4 nitrogen and oxygen atoms in total. The summed E-state index contributed by atoms with van der Waals surface area (Å²) >= 11 is 6.18. The molecule has 0 bridgehead atoms. The van der Waals surface area contributed by atoms with E-state index < -0.39 is 0 Å². The molecule has 2 heterocycles. The van der Waals surface area contributed by atoms with E-state index in [4.69, 9.17) is 11.6 Å². The van der Waals surface area contributed by atoms with E-state index in [0.29, 0.717) is 12.8 Å². The van der Waals surface area contributed by atoms with Crippen LogP contribution in [0, 0.1) is 0 Å². The Morgan fingerprint density at radius 2 is 1.84 bits per heavy atom. The van der Waals surface area contributed by atoms with Crippen molar-refractivity contribution in [2.45, 2.75) is 25.8 Å². The molecular weight excluding hydrogens is 334 g/mol. The molecule has 1 fully saturated rings. The molecule has 5 heteroatoms. The fourth-order valence-corrected chi connectivity index (χ4v) is 3.46. The quantitative estimate of drug-likeness (QED) is 0.822. The topological polar surface area (TPSA) is 36.4 Å². The van der Waals surface area contributed by atoms with E-state index in [1.807, 2.05) is 41.6 Å². The normalized spacial score (nSPS) is 15.8. The number of hydrogen-bond acceptors (Lipinski definition) is 3. The van der Waals surface area contributed by atoms with Crippen LogP contribution in [-0.2, 0) is 17.8 Å². The number of amides is 1. The Morgan fingerprint density at radius 1 is 1.04 bits per heavy atom. The maximum Gasteiger partial charge on any atom is 0.222 e. The largest absolute Gasteiger partial charge is 0.341 e. The van der Waals surface area contributed by atoms with Crippen LogP contribution in [0.1, 0.15) is 24.0 Å². The highest BCUT2D eigenvalue weighted by Crippen LogP contribution is 2.17. The minimum absolute atomic E-state index is 0.227. The number of benzene rings is 1. The van der Waals surface area contributed by atoms with Gasteiger partial charge in [0.05, 0.1) is 0 Å². The summed E-state index contributed by atoms with van der Waals surface area (Å²) in [7, 11) is 0. The smallest absolute Gasteiger partial charge is 0.222 e. The molecule has 3 rings (SSSR count). The lowest BCUT2D eigenvalue weighted by atomic mass is 10.1. The number of carbonyl (C=O) groups excluding carboxylic acids is 1. The van der Waals surface area contributed by atoms with Crippen molar-refractivity contribution >= 4 is 17.5 Å². The number of carbonyl (C=O) groups is 1. The van der Waals surface area contributed by atoms with Crippen LogP contribution >= 0.6 is 11.6 Å². The fourth-order valence-electron chi connectivity index (χ4n) is 3.23. The van der Waals surface area contributed by atoms with Gasteiger partial charge in [0.15, 0.2) is 0 Å². The number of halogens is 1. The van der Waals surface area contributed by atoms with Gasteiger partial charge in [0.2, 0.25) is 5.91 Å². The van der Waals surface area contributed by atoms with Gasteiger partial charge < -0.3 is 4.90 Å². The molecule has 1 aliphatic heterocycles. The molecule has 1 aromatic carbocycles. The molecule has 1 amide bonds. The Bertz CT molecular complexity index is 692. The van der Waals surface area contributed by atoms with Crippen LogP contribution in [0.25, 0.3) is 0 Å². The first-order chi connectivity index (χ1) is 12.2. The summed E-state index contributed by atoms with van der Waals surface area (Å²) in [4.78, 5) is 21.0. The van der Waals surface area contributed by atoms with Crippen molar-refractivity contribution in [2.75, 3.05) is 26.2 Å². The summed E-state index contributed by atoms with van der Waals surface area (Å²) < 4.78 is 0. The third-order valence-corrected chi connectivity index (χ3v) is 5.03. The standard InChI is InChI=1S/C20H24ClN3O/c21-19-5-2-1-4-18(19)6-7-20(25)24-13-3-12-23(14-15-24)16-17-8-10-22-11-9-17/h1-2,4-5,8-11H,3,6-7,12-16H2. The SMILES string of the molecule is O=C(CCc1ccccc1Cl)N1CCCN(Cc2ccncc2)CC1. The fraction of sp³-hybridized carbons (Fsp3) is 0.400. The van der Waals surface area contributed by atoms with Crippen LogP contribution in [0.15, 0.2) is 48.8 Å². The number of nitrogens with zero attached hydrogens (tertiary/aromatic N) is 3. The summed E-state index contributed by atoms with van der Waals surface area (Å²) in [6.07, 6.45) is 5.90. The van der Waals surface area contributed by atoms with Crippen molar-refractivity contribution in [1.29, 1.82) is 0 Å². The van der Waals surface area contributed by atoms with Crippen LogP contribution in [0.5, 0.6) is 0 Å². The second-order valence-electron chi connectivity index (χ2n) is 6.46. The minimum Gasteiger partial charge on any atom is -0.341 e. The monoisotopic (exact) mass is 357 g/mol. The van der Waals surface area contributed by atoms with Crippen molar-refractivity contribution in [3.05, 3.63) is 64.9 Å². The minimum atomic E-state index is 0.227. The lowest BCUT2D eigenvalue weighted by Gasteiger charge is -2.22. The molecule has 0 atom stereocenters. The molecule has 132 valence electrons. The van der Waals surface area contributed by atoms with Crippen molar-refractivity contribution < 1.29 is 4.79 Å². The first-order valence-electron chi connectivity index (χ1n) is 8.85. The molecule has 25 heavy (non-hydrogen) atoms. The van der Waals surface area contributed by atoms with Crippen molar-refractivity contribution in [1.82, 2.24) is 14.8 Å². The third kappa shape index (κ3) is 5.28. The van der Waals surface area contributed by atoms with Gasteiger partial charge in [-0.15, -0.1) is 0 Å². The summed E-state index contributed by atoms with van der Waals surface area (Å²) in [5.74, 6) is 0.227. The van der Waals surface area contributed by atoms with Gasteiger partial charge >= 0.3 is 0 Å². The Balaban J connectivity index is 1.49. The van der Waals surface area contributed by atoms with Crippen LogP contribution in [0.4, 0.5) is 0 Å². The molecule has 0 aliphatic carbocycles. The van der Waals surface area contributed by atoms with E-state index in [0.717, 1.165) is 49.7 Å². The zero-order valence-corrected chi connectivity index (χ0v) is 15.2. The molecule has 2 aromatic rings. The highest BCUT2D eigenvalue weighted by atomic mass is 35.5. The first-order valence-corrected chi connectivity index (χ1v) is 9.22. The lowest BCUT2D eigenvalue weighted by molar-refractivity contribution is -0.131. The van der Waals surface area contributed by atoms with Crippen molar-refractivity contribution in [3.8, 4) is 0 Å². The van der Waals surface area contributed by atoms with E-state index in [2.05, 4.69) is 22.0 Å². The Hall–Kier alpha value is -1.91. The van der Waals surface area contributed by atoms with Crippen LogP contribution in [0.2, 0.25) is 5.02 Å². The average Bonchev–Trinajstić information content (AvgIpc) is 2.87. The van der Waals surface area contributed by atoms with Gasteiger partial charge in [0, 0.05) is 56.6 Å². The maximum atomic E-state index is 12.6. The molecule has 0 spiro atoms. The summed E-state index contributed by atoms with van der Waals surface area (Å²) in [5, 5.41) is 0.745. The van der Waals surface area contributed by atoms with Crippen LogP contribution < -0.4 is 0 Å². The molecule has 0 N–H and O–H groups in total. The second-order valence-corrected chi connectivity index (χ2v) is 6.86. The van der Waals surface area contributed by atoms with Gasteiger partial charge in [-0.2, -0.15) is 0 Å². The first kappa shape index (κ1) is 17.9. The van der Waals surface area contributed by atoms with Gasteiger partial charge in [0.1, 0.15) is 0 Å². The number of aryl methyl sites for hydroxylation is 1. The predicted molar refractivity (Wildman–Crippen MR) is 100 cm³/mol. The maximum absolute atomic E-state index is 12.6. The van der Waals surface area contributed by atoms with E-state index in [-0.39, 0.29) is 5.91 Å². The zero-order valence-electron chi connectivity index (χ0n) is 14.4. The van der Waals surface area contributed by atoms with Gasteiger partial charge in [-0.25, -0.2) is 0 Å². The van der Waals surface area contributed by atoms with Gasteiger partial charge in [-0.1, -0.05) is 29.8 Å². The molecule has 0 unspecified atom stereocenters. The molecule has 0 saturated carbocycles. The molecule has 0 radical (unpaired) electrons. The summed E-state index contributed by atoms with van der Waals surface area (Å²) in [6, 6.07) is 11.9. The van der Waals surface area contributed by atoms with Gasteiger partial charge in [-0.05, 0) is 42.2 Å². The van der Waals surface area contributed by atoms with Gasteiger partial charge in [0.25, 0.3) is 0 Å². The Kier molecular flexibility index (Phi) is 6.42. The van der Waals surface area contributed by atoms with E-state index in [1.165, 1.54) is 5.56 Å². The Labute approximate surface area is 154 Å². The predicted octanol–water partition coefficient (Wildman–Crippen LogP) is 3.40. The highest BCUT2D eigenvalue weighted by molar-refractivity contribution is 6.31. The van der Waals surface area contributed by atoms with Crippen molar-refractivity contribution in [3.63, 3.8) is 0 Å². The van der Waals surface area contributed by atoms with Gasteiger partial charge in [-0.3, -0.25) is 14.7 Å². The third-order valence-electron chi connectivity index (χ3n) is 4.66. The van der Waals surface area contributed by atoms with E-state index in [1.54, 1.807) is 0 Å². The van der Waals surface area contributed by atoms with E-state index >= 15 is 0 Å². The lowest BCUT2D eigenvalue weighted by Crippen LogP contribution is -2.35. The number of aromatic nitrogens is 1. The van der Waals surface area contributed by atoms with E-state index in [9.17, 15) is 4.79 Å². The van der Waals surface area contributed by atoms with Crippen LogP contribution in [-0.4, -0.2) is 46.9 Å². The summed E-state index contributed by atoms with van der Waals surface area (Å²) in [6.45, 7) is 4.50. The molecule has 1 saturated heterocycles. The number of rotatable bonds is 5. The molecular formula is C20H24ClN3O. The zero-order chi connectivity index (χ0) is 17.5. The molecule has 1 aliphatic rings. The van der Waals surface area contributed by atoms with Crippen molar-refractivity contribution in [2.24, 2.45) is 0 Å². The average molecular weight is 358 g/mol. The number of pyridine rings is 1.